The second-order valence-electron chi connectivity index (χ2n) is 31.9. The van der Waals surface area contributed by atoms with Gasteiger partial charge in [-0.05, 0) is 265 Å². The predicted octanol–water partition coefficient (Wildman–Crippen LogP) is 21.8. The van der Waals surface area contributed by atoms with Crippen LogP contribution in [-0.4, -0.2) is 37.7 Å². The van der Waals surface area contributed by atoms with Crippen molar-refractivity contribution in [3.63, 3.8) is 0 Å². The smallest absolute Gasteiger partial charge is 0.252 e. The monoisotopic (exact) mass is 1450 g/mol. The van der Waals surface area contributed by atoms with E-state index in [1.807, 2.05) is 0 Å². The number of hydrogen-bond acceptors (Lipinski definition) is 4. The van der Waals surface area contributed by atoms with E-state index in [9.17, 15) is 0 Å². The SMILES string of the molecule is Cc1cc(C)c2c(n1)c1cccc(C)c1n1c3ccccc3[n+](C)c21.Cc1cc(C)c2c(n1)c1ccccc1[n+]1c3ccc(-c4c(C(C)C)cccc4C(C)C)cc3n(C)c21.Cc1ccc2c(c1)c1nc(C)cc(C)c1c1n2c2ccccc2[n+]1C.Cc1ccc2c3nc(C)cc(C)c3c3n(c2c1)c1ccccc1[n+]3C. The minimum absolute atomic E-state index is 0.459. The first-order valence-electron chi connectivity index (χ1n) is 39.0. The summed E-state index contributed by atoms with van der Waals surface area (Å²) in [6, 6.07) is 76.9. The Kier molecular flexibility index (Phi) is 16.7. The normalized spacial score (nSPS) is 12.1. The van der Waals surface area contributed by atoms with Crippen molar-refractivity contribution in [2.75, 3.05) is 0 Å². The maximum absolute atomic E-state index is 5.03. The predicted molar refractivity (Wildman–Crippen MR) is 461 cm³/mol. The number of imidazole rings is 4. The summed E-state index contributed by atoms with van der Waals surface area (Å²) in [6.07, 6.45) is 0. The van der Waals surface area contributed by atoms with E-state index in [1.54, 1.807) is 0 Å². The molecule has 111 heavy (non-hydrogen) atoms. The van der Waals surface area contributed by atoms with E-state index in [2.05, 4.69) is 380 Å². The molecule has 0 aliphatic rings. The molecular weight excluding hydrogens is 1360 g/mol. The zero-order valence-corrected chi connectivity index (χ0v) is 67.2. The minimum Gasteiger partial charge on any atom is -0.252 e. The van der Waals surface area contributed by atoms with Crippen molar-refractivity contribution in [2.24, 2.45) is 28.2 Å². The first-order chi connectivity index (χ1) is 53.5. The highest BCUT2D eigenvalue weighted by atomic mass is 15.1. The van der Waals surface area contributed by atoms with Gasteiger partial charge in [-0.3, -0.25) is 19.9 Å². The van der Waals surface area contributed by atoms with Crippen LogP contribution in [0.4, 0.5) is 0 Å². The zero-order valence-electron chi connectivity index (χ0n) is 67.2. The lowest BCUT2D eigenvalue weighted by Gasteiger charge is -2.19. The first kappa shape index (κ1) is 70.2. The van der Waals surface area contributed by atoms with Crippen molar-refractivity contribution in [2.45, 2.75) is 116 Å². The van der Waals surface area contributed by atoms with Gasteiger partial charge in [0.15, 0.2) is 44.1 Å². The fraction of sp³-hybridized carbons (Fsp3) is 0.212. The fourth-order valence-electron chi connectivity index (χ4n) is 18.8. The quantitative estimate of drug-likeness (QED) is 0.130. The van der Waals surface area contributed by atoms with E-state index in [0.717, 1.165) is 44.8 Å². The zero-order chi connectivity index (χ0) is 77.2. The summed E-state index contributed by atoms with van der Waals surface area (Å²) >= 11 is 0. The second kappa shape index (κ2) is 26.4. The third-order valence-corrected chi connectivity index (χ3v) is 23.5. The molecule has 12 heterocycles. The summed E-state index contributed by atoms with van der Waals surface area (Å²) in [5, 5.41) is 9.78. The van der Waals surface area contributed by atoms with Gasteiger partial charge in [0.1, 0.15) is 22.1 Å². The lowest BCUT2D eigenvalue weighted by molar-refractivity contribution is -0.617. The molecule has 0 fully saturated rings. The maximum atomic E-state index is 5.03. The minimum atomic E-state index is 0.459. The van der Waals surface area contributed by atoms with Gasteiger partial charge in [-0.2, -0.15) is 17.6 Å². The van der Waals surface area contributed by atoms with Crippen LogP contribution in [0.2, 0.25) is 0 Å². The van der Waals surface area contributed by atoms with Gasteiger partial charge in [0, 0.05) is 44.3 Å². The van der Waals surface area contributed by atoms with E-state index < -0.39 is 0 Å². The van der Waals surface area contributed by atoms with Crippen LogP contribution < -0.4 is 18.1 Å². The van der Waals surface area contributed by atoms with Crippen LogP contribution in [0.1, 0.15) is 112 Å². The number of fused-ring (bicyclic) bond motifs is 32. The summed E-state index contributed by atoms with van der Waals surface area (Å²) < 4.78 is 18.9. The summed E-state index contributed by atoms with van der Waals surface area (Å²) in [4.78, 5) is 19.8. The number of hydrogen-bond donors (Lipinski definition) is 0. The molecule has 0 radical (unpaired) electrons. The van der Waals surface area contributed by atoms with Crippen LogP contribution in [0, 0.1) is 76.2 Å². The van der Waals surface area contributed by atoms with Crippen LogP contribution in [0.3, 0.4) is 0 Å². The van der Waals surface area contributed by atoms with E-state index >= 15 is 0 Å². The third-order valence-electron chi connectivity index (χ3n) is 23.5. The highest BCUT2D eigenvalue weighted by Crippen LogP contribution is 2.41. The van der Waals surface area contributed by atoms with Crippen LogP contribution in [0.25, 0.3) is 165 Å². The standard InChI is InChI=1S/C33H34N3.3C22H20N3/c1-19(2)24-12-10-13-25(20(3)4)31(24)23-15-16-28-29(18-23)35(7)33-30-21(5)17-22(6)34-32(30)26-11-8-9-14-27(26)36(28)33;1-13-8-7-9-16-20-19(14(2)12-15(3)23-20)22-24(4)17-10-5-6-11-18(17)25(22)21(13)16;1-13-9-10-17-16(11-13)21-20(14(2)12-15(3)23-21)22-24(4)18-7-5-6-8-19(18)25(17)22;1-13-9-10-16-19(11-13)25-18-8-6-5-7-17(18)24(4)22(25)20-14(2)12-15(3)23-21(16)20/h8-20H,1-7H3;3*5-12H,1-4H3/q4*+1. The molecule has 0 aliphatic heterocycles. The summed E-state index contributed by atoms with van der Waals surface area (Å²) in [7, 11) is 8.65. The molecule has 12 aromatic heterocycles. The Morgan fingerprint density at radius 1 is 0.297 bits per heavy atom. The Balaban J connectivity index is 0.000000105. The summed E-state index contributed by atoms with van der Waals surface area (Å²) in [6.45, 7) is 32.8. The summed E-state index contributed by atoms with van der Waals surface area (Å²) in [5.74, 6) is 0.919. The van der Waals surface area contributed by atoms with Gasteiger partial charge in [0.25, 0.3) is 22.6 Å². The van der Waals surface area contributed by atoms with Gasteiger partial charge in [-0.1, -0.05) is 124 Å². The average molecular weight is 1450 g/mol. The number of rotatable bonds is 3. The molecule has 546 valence electrons. The lowest BCUT2D eigenvalue weighted by atomic mass is 9.85. The molecule has 0 unspecified atom stereocenters. The number of benzene rings is 9. The van der Waals surface area contributed by atoms with Crippen molar-refractivity contribution >= 4 is 154 Å². The van der Waals surface area contributed by atoms with E-state index in [0.29, 0.717) is 11.8 Å². The molecule has 9 aromatic carbocycles. The van der Waals surface area contributed by atoms with Gasteiger partial charge >= 0.3 is 0 Å². The molecule has 12 heteroatoms. The topological polar surface area (TPSA) is 85.5 Å². The molecule has 0 atom stereocenters. The molecule has 0 N–H and O–H groups in total. The summed E-state index contributed by atoms with van der Waals surface area (Å²) in [5.41, 5.74) is 42.6. The number of pyridine rings is 8. The third kappa shape index (κ3) is 10.8. The highest BCUT2D eigenvalue weighted by Gasteiger charge is 2.31. The largest absolute Gasteiger partial charge is 0.297 e. The molecule has 0 amide bonds. The van der Waals surface area contributed by atoms with Crippen molar-refractivity contribution in [3.05, 3.63) is 285 Å². The number of para-hydroxylation sites is 8. The molecule has 0 saturated heterocycles. The Morgan fingerprint density at radius 2 is 0.712 bits per heavy atom. The molecule has 0 aliphatic carbocycles. The van der Waals surface area contributed by atoms with Gasteiger partial charge < -0.3 is 0 Å². The Morgan fingerprint density at radius 3 is 1.24 bits per heavy atom. The Labute approximate surface area is 646 Å². The fourth-order valence-corrected chi connectivity index (χ4v) is 18.8. The number of nitrogens with zero attached hydrogens (tertiary/aromatic N) is 12. The van der Waals surface area contributed by atoms with Crippen LogP contribution in [0.15, 0.2) is 212 Å². The molecule has 0 saturated carbocycles. The van der Waals surface area contributed by atoms with Crippen LogP contribution in [-0.2, 0) is 28.2 Å². The van der Waals surface area contributed by atoms with E-state index in [-0.39, 0.29) is 0 Å². The van der Waals surface area contributed by atoms with Gasteiger partial charge in [0.05, 0.1) is 71.8 Å². The molecule has 0 bridgehead atoms. The van der Waals surface area contributed by atoms with Crippen molar-refractivity contribution < 1.29 is 18.1 Å². The van der Waals surface area contributed by atoms with Crippen LogP contribution >= 0.6 is 0 Å². The van der Waals surface area contributed by atoms with Crippen LogP contribution in [0.5, 0.6) is 0 Å². The Bertz CT molecular complexity index is 7510. The molecule has 21 aromatic rings. The van der Waals surface area contributed by atoms with Crippen molar-refractivity contribution in [3.8, 4) is 11.1 Å². The lowest BCUT2D eigenvalue weighted by Crippen LogP contribution is -2.27. The van der Waals surface area contributed by atoms with Crippen molar-refractivity contribution in [1.29, 1.82) is 0 Å². The van der Waals surface area contributed by atoms with Crippen molar-refractivity contribution in [1.82, 2.24) is 37.7 Å². The molecule has 0 spiro atoms. The Hall–Kier alpha value is -12.5. The van der Waals surface area contributed by atoms with E-state index in [1.165, 1.54) is 193 Å². The van der Waals surface area contributed by atoms with Gasteiger partial charge in [-0.25, -0.2) is 18.3 Å². The maximum Gasteiger partial charge on any atom is 0.297 e. The average Bonchev–Trinajstić information content (AvgIpc) is 1.55. The highest BCUT2D eigenvalue weighted by molar-refractivity contribution is 6.15. The molecule has 21 rings (SSSR count). The van der Waals surface area contributed by atoms with Gasteiger partial charge in [-0.15, -0.1) is 0 Å². The number of aryl methyl sites for hydroxylation is 15. The second-order valence-corrected chi connectivity index (χ2v) is 31.9. The first-order valence-corrected chi connectivity index (χ1v) is 39.0. The van der Waals surface area contributed by atoms with E-state index in [4.69, 9.17) is 19.9 Å². The molecular formula is C99H94N12+4. The number of aromatic nitrogens is 12. The van der Waals surface area contributed by atoms with Gasteiger partial charge in [0.2, 0.25) is 0 Å². The molecule has 12 nitrogen and oxygen atoms in total.